The number of nitrogens with one attached hydrogen (secondary N) is 1. The molecule has 1 N–H and O–H groups in total. The standard InChI is InChI=1S/C21H22ClFN2O2/c22-18-5-4-6-19(23)17(18)13-20(26)24-14-15-7-9-16(10-8-15)21(27)25-11-2-1-3-12-25/h4-10H,1-3,11-14H2,(H,24,26). The quantitative estimate of drug-likeness (QED) is 0.842. The predicted molar refractivity (Wildman–Crippen MR) is 103 cm³/mol. The van der Waals surface area contributed by atoms with Crippen molar-refractivity contribution in [1.82, 2.24) is 10.2 Å². The number of likely N-dealkylation sites (tertiary alicyclic amines) is 1. The first kappa shape index (κ1) is 19.4. The van der Waals surface area contributed by atoms with Crippen molar-refractivity contribution in [2.45, 2.75) is 32.2 Å². The smallest absolute Gasteiger partial charge is 0.253 e. The average Bonchev–Trinajstić information content (AvgIpc) is 2.70. The van der Waals surface area contributed by atoms with Gasteiger partial charge < -0.3 is 10.2 Å². The Morgan fingerprint density at radius 3 is 2.41 bits per heavy atom. The molecule has 6 heteroatoms. The molecule has 0 aromatic heterocycles. The molecule has 0 atom stereocenters. The Kier molecular flexibility index (Phi) is 6.45. The summed E-state index contributed by atoms with van der Waals surface area (Å²) >= 11 is 5.95. The summed E-state index contributed by atoms with van der Waals surface area (Å²) in [5.74, 6) is -0.742. The van der Waals surface area contributed by atoms with Crippen LogP contribution in [0.2, 0.25) is 5.02 Å². The second-order valence-corrected chi connectivity index (χ2v) is 7.11. The lowest BCUT2D eigenvalue weighted by Crippen LogP contribution is -2.35. The highest BCUT2D eigenvalue weighted by molar-refractivity contribution is 6.31. The molecule has 142 valence electrons. The van der Waals surface area contributed by atoms with Crippen molar-refractivity contribution in [3.8, 4) is 0 Å². The number of rotatable bonds is 5. The molecule has 0 radical (unpaired) electrons. The highest BCUT2D eigenvalue weighted by Gasteiger charge is 2.18. The van der Waals surface area contributed by atoms with Crippen LogP contribution in [0.3, 0.4) is 0 Å². The van der Waals surface area contributed by atoms with Crippen molar-refractivity contribution in [2.24, 2.45) is 0 Å². The van der Waals surface area contributed by atoms with E-state index >= 15 is 0 Å². The van der Waals surface area contributed by atoms with Crippen LogP contribution in [0.1, 0.15) is 40.7 Å². The van der Waals surface area contributed by atoms with E-state index in [0.29, 0.717) is 12.1 Å². The van der Waals surface area contributed by atoms with Gasteiger partial charge in [-0.3, -0.25) is 9.59 Å². The zero-order chi connectivity index (χ0) is 19.2. The Bertz CT molecular complexity index is 797. The van der Waals surface area contributed by atoms with E-state index in [4.69, 9.17) is 11.6 Å². The van der Waals surface area contributed by atoms with E-state index in [1.54, 1.807) is 18.2 Å². The molecule has 0 saturated carbocycles. The summed E-state index contributed by atoms with van der Waals surface area (Å²) in [6.45, 7) is 1.94. The summed E-state index contributed by atoms with van der Waals surface area (Å²) in [7, 11) is 0. The molecule has 0 bridgehead atoms. The Labute approximate surface area is 163 Å². The van der Waals surface area contributed by atoms with E-state index in [-0.39, 0.29) is 28.8 Å². The largest absolute Gasteiger partial charge is 0.352 e. The SMILES string of the molecule is O=C(Cc1c(F)cccc1Cl)NCc1ccc(C(=O)N2CCCCC2)cc1. The Morgan fingerprint density at radius 1 is 1.04 bits per heavy atom. The highest BCUT2D eigenvalue weighted by Crippen LogP contribution is 2.19. The van der Waals surface area contributed by atoms with Crippen LogP contribution in [-0.4, -0.2) is 29.8 Å². The lowest BCUT2D eigenvalue weighted by molar-refractivity contribution is -0.120. The molecular formula is C21H22ClFN2O2. The van der Waals surface area contributed by atoms with Crippen molar-refractivity contribution >= 4 is 23.4 Å². The minimum Gasteiger partial charge on any atom is -0.352 e. The molecule has 2 amide bonds. The van der Waals surface area contributed by atoms with Crippen molar-refractivity contribution in [3.63, 3.8) is 0 Å². The number of hydrogen-bond donors (Lipinski definition) is 1. The Morgan fingerprint density at radius 2 is 1.74 bits per heavy atom. The number of benzene rings is 2. The van der Waals surface area contributed by atoms with E-state index in [1.807, 2.05) is 17.0 Å². The summed E-state index contributed by atoms with van der Waals surface area (Å²) in [4.78, 5) is 26.4. The first-order valence-corrected chi connectivity index (χ1v) is 9.50. The molecule has 27 heavy (non-hydrogen) atoms. The van der Waals surface area contributed by atoms with Gasteiger partial charge in [0.05, 0.1) is 6.42 Å². The minimum atomic E-state index is -0.488. The van der Waals surface area contributed by atoms with Gasteiger partial charge in [-0.1, -0.05) is 29.8 Å². The van der Waals surface area contributed by atoms with Gasteiger partial charge in [-0.05, 0) is 49.1 Å². The monoisotopic (exact) mass is 388 g/mol. The number of carbonyl (C=O) groups is 2. The molecular weight excluding hydrogens is 367 g/mol. The fourth-order valence-corrected chi connectivity index (χ4v) is 3.40. The van der Waals surface area contributed by atoms with Gasteiger partial charge in [-0.2, -0.15) is 0 Å². The number of piperidine rings is 1. The number of amides is 2. The topological polar surface area (TPSA) is 49.4 Å². The van der Waals surface area contributed by atoms with Gasteiger partial charge in [-0.25, -0.2) is 4.39 Å². The molecule has 1 aliphatic rings. The molecule has 1 heterocycles. The van der Waals surface area contributed by atoms with Gasteiger partial charge in [-0.15, -0.1) is 0 Å². The average molecular weight is 389 g/mol. The van der Waals surface area contributed by atoms with Crippen LogP contribution < -0.4 is 5.32 Å². The van der Waals surface area contributed by atoms with Gasteiger partial charge >= 0.3 is 0 Å². The van der Waals surface area contributed by atoms with Crippen LogP contribution in [0.4, 0.5) is 4.39 Å². The fourth-order valence-electron chi connectivity index (χ4n) is 3.17. The number of halogens is 2. The van der Waals surface area contributed by atoms with E-state index in [9.17, 15) is 14.0 Å². The van der Waals surface area contributed by atoms with Crippen molar-refractivity contribution < 1.29 is 14.0 Å². The van der Waals surface area contributed by atoms with Gasteiger partial charge in [0.25, 0.3) is 5.91 Å². The minimum absolute atomic E-state index is 0.0551. The van der Waals surface area contributed by atoms with Gasteiger partial charge in [0.15, 0.2) is 0 Å². The third-order valence-electron chi connectivity index (χ3n) is 4.73. The third kappa shape index (κ3) is 5.07. The lowest BCUT2D eigenvalue weighted by atomic mass is 10.1. The number of nitrogens with zero attached hydrogens (tertiary/aromatic N) is 1. The maximum Gasteiger partial charge on any atom is 0.253 e. The molecule has 0 unspecified atom stereocenters. The molecule has 1 saturated heterocycles. The predicted octanol–water partition coefficient (Wildman–Crippen LogP) is 3.96. The van der Waals surface area contributed by atoms with Crippen molar-refractivity contribution in [3.05, 3.63) is 70.0 Å². The molecule has 1 aliphatic heterocycles. The van der Waals surface area contributed by atoms with E-state index < -0.39 is 5.82 Å². The first-order valence-electron chi connectivity index (χ1n) is 9.12. The molecule has 1 fully saturated rings. The summed E-state index contributed by atoms with van der Waals surface area (Å²) in [6, 6.07) is 11.6. The highest BCUT2D eigenvalue weighted by atomic mass is 35.5. The Balaban J connectivity index is 1.54. The molecule has 3 rings (SSSR count). The van der Waals surface area contributed by atoms with E-state index in [1.165, 1.54) is 18.6 Å². The molecule has 4 nitrogen and oxygen atoms in total. The zero-order valence-electron chi connectivity index (χ0n) is 15.0. The molecule has 0 aliphatic carbocycles. The van der Waals surface area contributed by atoms with E-state index in [2.05, 4.69) is 5.32 Å². The second-order valence-electron chi connectivity index (χ2n) is 6.70. The lowest BCUT2D eigenvalue weighted by Gasteiger charge is -2.26. The Hall–Kier alpha value is -2.40. The van der Waals surface area contributed by atoms with Crippen LogP contribution in [-0.2, 0) is 17.8 Å². The summed E-state index contributed by atoms with van der Waals surface area (Å²) in [5, 5.41) is 3.00. The summed E-state index contributed by atoms with van der Waals surface area (Å²) in [6.07, 6.45) is 3.18. The first-order chi connectivity index (χ1) is 13.0. The molecule has 0 spiro atoms. The van der Waals surface area contributed by atoms with Crippen LogP contribution in [0, 0.1) is 5.82 Å². The summed E-state index contributed by atoms with van der Waals surface area (Å²) in [5.41, 5.74) is 1.72. The van der Waals surface area contributed by atoms with Crippen molar-refractivity contribution in [2.75, 3.05) is 13.1 Å². The van der Waals surface area contributed by atoms with Gasteiger partial charge in [0.2, 0.25) is 5.91 Å². The maximum atomic E-state index is 13.7. The molecule has 2 aromatic rings. The van der Waals surface area contributed by atoms with Gasteiger partial charge in [0.1, 0.15) is 5.82 Å². The van der Waals surface area contributed by atoms with E-state index in [0.717, 1.165) is 31.5 Å². The second kappa shape index (κ2) is 9.00. The van der Waals surface area contributed by atoms with Crippen molar-refractivity contribution in [1.29, 1.82) is 0 Å². The van der Waals surface area contributed by atoms with Crippen LogP contribution >= 0.6 is 11.6 Å². The zero-order valence-corrected chi connectivity index (χ0v) is 15.8. The van der Waals surface area contributed by atoms with Crippen LogP contribution in [0.15, 0.2) is 42.5 Å². The third-order valence-corrected chi connectivity index (χ3v) is 5.09. The van der Waals surface area contributed by atoms with Gasteiger partial charge in [0, 0.05) is 35.8 Å². The normalized spacial score (nSPS) is 14.1. The maximum absolute atomic E-state index is 13.7. The summed E-state index contributed by atoms with van der Waals surface area (Å²) < 4.78 is 13.7. The van der Waals surface area contributed by atoms with Crippen LogP contribution in [0.25, 0.3) is 0 Å². The molecule has 2 aromatic carbocycles. The fraction of sp³-hybridized carbons (Fsp3) is 0.333. The number of carbonyl (C=O) groups excluding carboxylic acids is 2. The van der Waals surface area contributed by atoms with Crippen LogP contribution in [0.5, 0.6) is 0 Å². The number of hydrogen-bond acceptors (Lipinski definition) is 2.